The van der Waals surface area contributed by atoms with Gasteiger partial charge in [-0.2, -0.15) is 0 Å². The Morgan fingerprint density at radius 1 is 1.24 bits per heavy atom. The molecule has 1 atom stereocenters. The van der Waals surface area contributed by atoms with Crippen LogP contribution in [0.15, 0.2) is 54.9 Å². The maximum absolute atomic E-state index is 13.2. The van der Waals surface area contributed by atoms with Gasteiger partial charge >= 0.3 is 12.0 Å². The number of aromatic amines is 1. The quantitative estimate of drug-likeness (QED) is 0.638. The Kier molecular flexibility index (Phi) is 5.22. The molecule has 0 fully saturated rings. The number of amides is 2. The second-order valence-corrected chi connectivity index (χ2v) is 7.07. The summed E-state index contributed by atoms with van der Waals surface area (Å²) in [6, 6.07) is 13.4. The maximum Gasteiger partial charge on any atom is 0.339 e. The Bertz CT molecular complexity index is 1070. The molecule has 2 aromatic carbocycles. The van der Waals surface area contributed by atoms with E-state index < -0.39 is 12.0 Å². The van der Waals surface area contributed by atoms with Crippen LogP contribution in [-0.2, 0) is 11.2 Å². The third-order valence-electron chi connectivity index (χ3n) is 4.92. The maximum atomic E-state index is 13.2. The summed E-state index contributed by atoms with van der Waals surface area (Å²) in [7, 11) is 1.31. The normalized spacial score (nSPS) is 15.5. The molecule has 148 valence electrons. The van der Waals surface area contributed by atoms with Crippen LogP contribution in [0.1, 0.15) is 33.4 Å². The number of para-hydroxylation sites is 1. The number of halogens is 1. The van der Waals surface area contributed by atoms with Crippen LogP contribution in [0.25, 0.3) is 0 Å². The highest BCUT2D eigenvalue weighted by Gasteiger charge is 2.34. The minimum absolute atomic E-state index is 0.292. The highest BCUT2D eigenvalue weighted by molar-refractivity contribution is 6.30. The molecule has 0 saturated carbocycles. The number of carbonyl (C=O) groups excluding carboxylic acids is 2. The van der Waals surface area contributed by atoms with E-state index in [1.54, 1.807) is 41.6 Å². The van der Waals surface area contributed by atoms with Crippen LogP contribution in [0.3, 0.4) is 0 Å². The van der Waals surface area contributed by atoms with Gasteiger partial charge in [-0.05, 0) is 29.8 Å². The number of hydrogen-bond acceptors (Lipinski definition) is 4. The van der Waals surface area contributed by atoms with Gasteiger partial charge in [0.2, 0.25) is 0 Å². The molecule has 1 aliphatic heterocycles. The molecule has 0 radical (unpaired) electrons. The minimum atomic E-state index is -0.513. The number of benzene rings is 2. The number of methoxy groups -OCH3 is 1. The summed E-state index contributed by atoms with van der Waals surface area (Å²) in [6.45, 7) is 0.485. The van der Waals surface area contributed by atoms with Gasteiger partial charge < -0.3 is 19.9 Å². The van der Waals surface area contributed by atoms with Gasteiger partial charge in [-0.3, -0.25) is 0 Å². The van der Waals surface area contributed by atoms with Crippen molar-refractivity contribution in [3.05, 3.63) is 82.4 Å². The number of fused-ring (bicyclic) bond motifs is 1. The molecule has 0 aliphatic carbocycles. The Balaban J connectivity index is 1.68. The van der Waals surface area contributed by atoms with Gasteiger partial charge in [0.15, 0.2) is 0 Å². The first kappa shape index (κ1) is 19.0. The Hall–Kier alpha value is -3.32. The zero-order valence-corrected chi connectivity index (χ0v) is 16.4. The number of nitrogens with one attached hydrogen (secondary N) is 2. The molecule has 29 heavy (non-hydrogen) atoms. The summed E-state index contributed by atoms with van der Waals surface area (Å²) in [5.74, 6) is -0.513. The second kappa shape index (κ2) is 7.97. The van der Waals surface area contributed by atoms with E-state index in [-0.39, 0.29) is 6.03 Å². The topological polar surface area (TPSA) is 87.3 Å². The molecular formula is C21H19ClN4O3. The van der Waals surface area contributed by atoms with Crippen molar-refractivity contribution in [2.24, 2.45) is 0 Å². The van der Waals surface area contributed by atoms with Crippen LogP contribution < -0.4 is 5.32 Å². The molecule has 4 rings (SSSR count). The summed E-state index contributed by atoms with van der Waals surface area (Å²) in [5, 5.41) is 3.43. The van der Waals surface area contributed by atoms with Crippen molar-refractivity contribution in [2.75, 3.05) is 19.0 Å². The summed E-state index contributed by atoms with van der Waals surface area (Å²) >= 11 is 6.20. The van der Waals surface area contributed by atoms with Gasteiger partial charge in [0.05, 0.1) is 30.4 Å². The molecule has 0 unspecified atom stereocenters. The molecule has 0 saturated heterocycles. The van der Waals surface area contributed by atoms with E-state index in [1.807, 2.05) is 18.2 Å². The number of H-pyrrole nitrogens is 1. The summed E-state index contributed by atoms with van der Waals surface area (Å²) < 4.78 is 4.81. The van der Waals surface area contributed by atoms with E-state index in [4.69, 9.17) is 16.3 Å². The van der Waals surface area contributed by atoms with Crippen LogP contribution in [0.4, 0.5) is 10.5 Å². The van der Waals surface area contributed by atoms with E-state index in [0.29, 0.717) is 29.2 Å². The van der Waals surface area contributed by atoms with E-state index in [0.717, 1.165) is 17.0 Å². The van der Waals surface area contributed by atoms with Crippen molar-refractivity contribution >= 4 is 29.3 Å². The van der Waals surface area contributed by atoms with Crippen LogP contribution in [-0.4, -0.2) is 40.5 Å². The predicted octanol–water partition coefficient (Wildman–Crippen LogP) is 4.03. The molecular weight excluding hydrogens is 392 g/mol. The summed E-state index contributed by atoms with van der Waals surface area (Å²) in [4.78, 5) is 34.5. The smallest absolute Gasteiger partial charge is 0.339 e. The van der Waals surface area contributed by atoms with Crippen LogP contribution in [0, 0.1) is 0 Å². The van der Waals surface area contributed by atoms with E-state index >= 15 is 0 Å². The van der Waals surface area contributed by atoms with Crippen molar-refractivity contribution in [1.29, 1.82) is 0 Å². The van der Waals surface area contributed by atoms with E-state index in [9.17, 15) is 9.59 Å². The van der Waals surface area contributed by atoms with Gasteiger partial charge in [-0.15, -0.1) is 0 Å². The lowest BCUT2D eigenvalue weighted by Gasteiger charge is -2.35. The third-order valence-corrected chi connectivity index (χ3v) is 5.16. The fourth-order valence-electron chi connectivity index (χ4n) is 3.58. The first-order valence-corrected chi connectivity index (χ1v) is 9.49. The molecule has 2 N–H and O–H groups in total. The molecule has 2 heterocycles. The number of hydrogen-bond donors (Lipinski definition) is 2. The fourth-order valence-corrected chi connectivity index (χ4v) is 3.78. The number of ether oxygens (including phenoxy) is 1. The van der Waals surface area contributed by atoms with Crippen LogP contribution in [0.2, 0.25) is 5.02 Å². The molecule has 1 aliphatic rings. The summed E-state index contributed by atoms with van der Waals surface area (Å²) in [6.07, 6.45) is 2.29. The highest BCUT2D eigenvalue weighted by Crippen LogP contribution is 2.34. The van der Waals surface area contributed by atoms with Crippen molar-refractivity contribution < 1.29 is 14.3 Å². The molecule has 0 spiro atoms. The van der Waals surface area contributed by atoms with Crippen molar-refractivity contribution in [2.45, 2.75) is 12.5 Å². The first-order chi connectivity index (χ1) is 14.1. The number of rotatable bonds is 3. The van der Waals surface area contributed by atoms with E-state index in [1.165, 1.54) is 7.11 Å². The molecule has 0 bridgehead atoms. The largest absolute Gasteiger partial charge is 0.465 e. The van der Waals surface area contributed by atoms with Crippen molar-refractivity contribution in [3.8, 4) is 0 Å². The highest BCUT2D eigenvalue weighted by atomic mass is 35.5. The number of aromatic nitrogens is 2. The zero-order valence-electron chi connectivity index (χ0n) is 15.7. The lowest BCUT2D eigenvalue weighted by molar-refractivity contribution is 0.0602. The first-order valence-electron chi connectivity index (χ1n) is 9.11. The minimum Gasteiger partial charge on any atom is -0.465 e. The number of imidazole rings is 1. The number of esters is 1. The standard InChI is InChI=1S/C21H19ClN4O3/c1-29-20(27)15-7-2-3-8-16(15)25-21(28)26-10-9-17-18(24-12-23-17)19(26)13-5-4-6-14(22)11-13/h2-8,11-12,19H,9-10H2,1H3,(H,23,24)(H,25,28)/t19-/m1/s1. The van der Waals surface area contributed by atoms with Gasteiger partial charge in [0.25, 0.3) is 0 Å². The Morgan fingerprint density at radius 3 is 2.86 bits per heavy atom. The number of nitrogens with zero attached hydrogens (tertiary/aromatic N) is 2. The molecule has 2 amide bonds. The lowest BCUT2D eigenvalue weighted by Crippen LogP contribution is -2.43. The average molecular weight is 411 g/mol. The average Bonchev–Trinajstić information content (AvgIpc) is 3.21. The molecule has 1 aromatic heterocycles. The van der Waals surface area contributed by atoms with Gasteiger partial charge in [0, 0.05) is 23.7 Å². The third kappa shape index (κ3) is 3.69. The van der Waals surface area contributed by atoms with Gasteiger partial charge in [0.1, 0.15) is 6.04 Å². The van der Waals surface area contributed by atoms with Crippen molar-refractivity contribution in [3.63, 3.8) is 0 Å². The molecule has 8 heteroatoms. The Labute approximate surface area is 172 Å². The van der Waals surface area contributed by atoms with Crippen molar-refractivity contribution in [1.82, 2.24) is 14.9 Å². The number of urea groups is 1. The lowest BCUT2D eigenvalue weighted by atomic mass is 9.96. The Morgan fingerprint density at radius 2 is 2.07 bits per heavy atom. The second-order valence-electron chi connectivity index (χ2n) is 6.63. The van der Waals surface area contributed by atoms with Crippen LogP contribution in [0.5, 0.6) is 0 Å². The van der Waals surface area contributed by atoms with Gasteiger partial charge in [-0.25, -0.2) is 14.6 Å². The van der Waals surface area contributed by atoms with E-state index in [2.05, 4.69) is 15.3 Å². The summed E-state index contributed by atoms with van der Waals surface area (Å²) in [5.41, 5.74) is 3.33. The SMILES string of the molecule is COC(=O)c1ccccc1NC(=O)N1CCc2[nH]cnc2[C@H]1c1cccc(Cl)c1. The predicted molar refractivity (Wildman–Crippen MR) is 109 cm³/mol. The number of carbonyl (C=O) groups is 2. The fraction of sp³-hybridized carbons (Fsp3) is 0.190. The monoisotopic (exact) mass is 410 g/mol. The molecule has 3 aromatic rings. The van der Waals surface area contributed by atoms with Crippen LogP contribution >= 0.6 is 11.6 Å². The van der Waals surface area contributed by atoms with Gasteiger partial charge in [-0.1, -0.05) is 35.9 Å². The molecule has 7 nitrogen and oxygen atoms in total. The zero-order chi connectivity index (χ0) is 20.4. The number of anilines is 1.